The van der Waals surface area contributed by atoms with Gasteiger partial charge in [0, 0.05) is 12.2 Å². The largest absolute Gasteiger partial charge is 0.478 e. The molecule has 1 spiro atoms. The van der Waals surface area contributed by atoms with Gasteiger partial charge >= 0.3 is 5.97 Å². The number of carboxylic acids is 1. The van der Waals surface area contributed by atoms with Crippen LogP contribution in [0.2, 0.25) is 5.02 Å². The monoisotopic (exact) mass is 358 g/mol. The first-order chi connectivity index (χ1) is 10.6. The Balaban J connectivity index is 0.00000192. The first kappa shape index (κ1) is 18.4. The fourth-order valence-electron chi connectivity index (χ4n) is 3.76. The minimum atomic E-state index is -0.988. The standard InChI is InChI=1S/C17H23ClN2O2.ClH/c18-15-10-13(3-4-14(15)16(21)22)20-7-1-2-12-11-17(12)5-8-19-9-6-17;/h3-4,10,12,19-20H,1-2,5-9,11H2,(H,21,22);1H. The Bertz CT molecular complexity index is 560. The van der Waals surface area contributed by atoms with Crippen molar-refractivity contribution in [3.63, 3.8) is 0 Å². The van der Waals surface area contributed by atoms with Crippen molar-refractivity contribution in [1.82, 2.24) is 5.32 Å². The van der Waals surface area contributed by atoms with Gasteiger partial charge in [0.1, 0.15) is 0 Å². The topological polar surface area (TPSA) is 61.4 Å². The number of benzene rings is 1. The molecule has 0 aromatic heterocycles. The average Bonchev–Trinajstić information content (AvgIpc) is 3.16. The van der Waals surface area contributed by atoms with Crippen molar-refractivity contribution in [2.45, 2.75) is 32.1 Å². The maximum Gasteiger partial charge on any atom is 0.337 e. The van der Waals surface area contributed by atoms with Crippen LogP contribution in [-0.4, -0.2) is 30.7 Å². The summed E-state index contributed by atoms with van der Waals surface area (Å²) in [7, 11) is 0. The maximum atomic E-state index is 10.9. The van der Waals surface area contributed by atoms with E-state index in [2.05, 4.69) is 10.6 Å². The Morgan fingerprint density at radius 3 is 2.78 bits per heavy atom. The number of hydrogen-bond donors (Lipinski definition) is 3. The second-order valence-electron chi connectivity index (χ2n) is 6.58. The summed E-state index contributed by atoms with van der Waals surface area (Å²) in [5.74, 6) is -0.0769. The molecule has 23 heavy (non-hydrogen) atoms. The van der Waals surface area contributed by atoms with Crippen LogP contribution < -0.4 is 10.6 Å². The Morgan fingerprint density at radius 1 is 1.39 bits per heavy atom. The number of carboxylic acid groups (broad SMARTS) is 1. The summed E-state index contributed by atoms with van der Waals surface area (Å²) in [5.41, 5.74) is 1.71. The molecular formula is C17H24Cl2N2O2. The predicted octanol–water partition coefficient (Wildman–Crippen LogP) is 4.04. The van der Waals surface area contributed by atoms with Crippen LogP contribution in [0.3, 0.4) is 0 Å². The molecule has 1 aliphatic carbocycles. The molecule has 1 heterocycles. The van der Waals surface area contributed by atoms with Gasteiger partial charge < -0.3 is 15.7 Å². The molecular weight excluding hydrogens is 335 g/mol. The predicted molar refractivity (Wildman–Crippen MR) is 96.0 cm³/mol. The van der Waals surface area contributed by atoms with Crippen molar-refractivity contribution in [3.05, 3.63) is 28.8 Å². The minimum Gasteiger partial charge on any atom is -0.478 e. The van der Waals surface area contributed by atoms with E-state index in [0.29, 0.717) is 5.41 Å². The average molecular weight is 359 g/mol. The second-order valence-corrected chi connectivity index (χ2v) is 6.99. The van der Waals surface area contributed by atoms with Crippen molar-refractivity contribution in [2.24, 2.45) is 11.3 Å². The zero-order valence-electron chi connectivity index (χ0n) is 13.1. The van der Waals surface area contributed by atoms with Gasteiger partial charge in [-0.1, -0.05) is 11.6 Å². The number of carbonyl (C=O) groups is 1. The van der Waals surface area contributed by atoms with E-state index in [0.717, 1.165) is 24.6 Å². The molecule has 3 N–H and O–H groups in total. The molecule has 1 saturated carbocycles. The fraction of sp³-hybridized carbons (Fsp3) is 0.588. The molecule has 0 bridgehead atoms. The summed E-state index contributed by atoms with van der Waals surface area (Å²) < 4.78 is 0. The van der Waals surface area contributed by atoms with Gasteiger partial charge in [-0.25, -0.2) is 4.79 Å². The van der Waals surface area contributed by atoms with E-state index in [9.17, 15) is 4.79 Å². The van der Waals surface area contributed by atoms with E-state index in [1.165, 1.54) is 38.8 Å². The number of piperidine rings is 1. The maximum absolute atomic E-state index is 10.9. The van der Waals surface area contributed by atoms with Gasteiger partial charge in [-0.3, -0.25) is 0 Å². The Hall–Kier alpha value is -0.970. The van der Waals surface area contributed by atoms with Gasteiger partial charge in [-0.2, -0.15) is 0 Å². The highest BCUT2D eigenvalue weighted by Crippen LogP contribution is 2.60. The molecule has 4 nitrogen and oxygen atoms in total. The van der Waals surface area contributed by atoms with E-state index in [4.69, 9.17) is 16.7 Å². The SMILES string of the molecule is Cl.O=C(O)c1ccc(NCCCC2CC23CCNCC3)cc1Cl. The molecule has 2 aliphatic rings. The summed E-state index contributed by atoms with van der Waals surface area (Å²) in [5, 5.41) is 16.0. The lowest BCUT2D eigenvalue weighted by Crippen LogP contribution is -2.29. The van der Waals surface area contributed by atoms with Crippen LogP contribution in [-0.2, 0) is 0 Å². The summed E-state index contributed by atoms with van der Waals surface area (Å²) in [4.78, 5) is 10.9. The number of nitrogens with one attached hydrogen (secondary N) is 2. The van der Waals surface area contributed by atoms with Crippen molar-refractivity contribution < 1.29 is 9.90 Å². The van der Waals surface area contributed by atoms with E-state index in [1.54, 1.807) is 18.2 Å². The molecule has 6 heteroatoms. The van der Waals surface area contributed by atoms with E-state index >= 15 is 0 Å². The molecule has 1 atom stereocenters. The smallest absolute Gasteiger partial charge is 0.337 e. The first-order valence-corrected chi connectivity index (χ1v) is 8.46. The van der Waals surface area contributed by atoms with Crippen LogP contribution in [0.4, 0.5) is 5.69 Å². The second kappa shape index (κ2) is 7.73. The summed E-state index contributed by atoms with van der Waals surface area (Å²) in [6.07, 6.45) is 6.54. The molecule has 3 rings (SSSR count). The third kappa shape index (κ3) is 4.31. The number of aromatic carboxylic acids is 1. The molecule has 2 fully saturated rings. The van der Waals surface area contributed by atoms with Crippen molar-refractivity contribution in [1.29, 1.82) is 0 Å². The normalized spacial score (nSPS) is 21.5. The van der Waals surface area contributed by atoms with Crippen molar-refractivity contribution in [3.8, 4) is 0 Å². The van der Waals surface area contributed by atoms with Gasteiger partial charge in [0.15, 0.2) is 0 Å². The van der Waals surface area contributed by atoms with Crippen LogP contribution in [0.1, 0.15) is 42.5 Å². The van der Waals surface area contributed by atoms with Gasteiger partial charge in [-0.05, 0) is 74.7 Å². The van der Waals surface area contributed by atoms with E-state index < -0.39 is 5.97 Å². The minimum absolute atomic E-state index is 0. The first-order valence-electron chi connectivity index (χ1n) is 8.08. The van der Waals surface area contributed by atoms with Crippen LogP contribution >= 0.6 is 24.0 Å². The molecule has 1 unspecified atom stereocenters. The van der Waals surface area contributed by atoms with Gasteiger partial charge in [0.25, 0.3) is 0 Å². The Labute approximate surface area is 148 Å². The lowest BCUT2D eigenvalue weighted by Gasteiger charge is -2.23. The lowest BCUT2D eigenvalue weighted by molar-refractivity contribution is 0.0697. The molecule has 0 amide bonds. The number of rotatable bonds is 6. The number of hydrogen-bond acceptors (Lipinski definition) is 3. The number of anilines is 1. The highest BCUT2D eigenvalue weighted by Gasteiger charge is 2.52. The van der Waals surface area contributed by atoms with Crippen LogP contribution in [0.5, 0.6) is 0 Å². The quantitative estimate of drug-likeness (QED) is 0.671. The van der Waals surface area contributed by atoms with Crippen molar-refractivity contribution in [2.75, 3.05) is 25.0 Å². The molecule has 1 aromatic rings. The third-order valence-corrected chi connectivity index (χ3v) is 5.53. The molecule has 0 radical (unpaired) electrons. The number of halogens is 2. The molecule has 128 valence electrons. The van der Waals surface area contributed by atoms with E-state index in [1.807, 2.05) is 0 Å². The zero-order valence-corrected chi connectivity index (χ0v) is 14.7. The summed E-state index contributed by atoms with van der Waals surface area (Å²) in [6.45, 7) is 3.28. The Morgan fingerprint density at radius 2 is 2.13 bits per heavy atom. The van der Waals surface area contributed by atoms with Gasteiger partial charge in [-0.15, -0.1) is 12.4 Å². The van der Waals surface area contributed by atoms with E-state index in [-0.39, 0.29) is 23.0 Å². The Kier molecular flexibility index (Phi) is 6.18. The lowest BCUT2D eigenvalue weighted by atomic mass is 9.90. The van der Waals surface area contributed by atoms with Crippen molar-refractivity contribution >= 4 is 35.7 Å². The van der Waals surface area contributed by atoms with Gasteiger partial charge in [0.2, 0.25) is 0 Å². The third-order valence-electron chi connectivity index (χ3n) is 5.22. The molecule has 1 aromatic carbocycles. The summed E-state index contributed by atoms with van der Waals surface area (Å²) >= 11 is 5.97. The molecule has 1 aliphatic heterocycles. The highest BCUT2D eigenvalue weighted by atomic mass is 35.5. The highest BCUT2D eigenvalue weighted by molar-refractivity contribution is 6.33. The molecule has 1 saturated heterocycles. The zero-order chi connectivity index (χ0) is 15.6. The van der Waals surface area contributed by atoms with Crippen LogP contribution in [0, 0.1) is 11.3 Å². The van der Waals surface area contributed by atoms with Crippen LogP contribution in [0.15, 0.2) is 18.2 Å². The fourth-order valence-corrected chi connectivity index (χ4v) is 4.02. The van der Waals surface area contributed by atoms with Gasteiger partial charge in [0.05, 0.1) is 10.6 Å². The summed E-state index contributed by atoms with van der Waals surface area (Å²) in [6, 6.07) is 5.02. The van der Waals surface area contributed by atoms with Crippen LogP contribution in [0.25, 0.3) is 0 Å².